The lowest BCUT2D eigenvalue weighted by Crippen LogP contribution is -2.37. The summed E-state index contributed by atoms with van der Waals surface area (Å²) in [5.41, 5.74) is 0.595. The van der Waals surface area contributed by atoms with Gasteiger partial charge >= 0.3 is 0 Å². The smallest absolute Gasteiger partial charge is 0.220 e. The number of Topliss-reactive ketones (excluding diaryl/α,β-unsaturated/α-hetero) is 1. The number of nitrogens with one attached hydrogen (secondary N) is 1. The Morgan fingerprint density at radius 2 is 1.79 bits per heavy atom. The summed E-state index contributed by atoms with van der Waals surface area (Å²) in [6, 6.07) is 6.75. The van der Waals surface area contributed by atoms with Crippen LogP contribution in [0.1, 0.15) is 36.0 Å². The molecule has 1 aliphatic rings. The monoisotopic (exact) mass is 352 g/mol. The molecule has 1 amide bonds. The molecular weight excluding hydrogens is 328 g/mol. The van der Waals surface area contributed by atoms with Gasteiger partial charge in [0.25, 0.3) is 0 Å². The number of benzene rings is 1. The largest absolute Gasteiger partial charge is 0.379 e. The molecule has 0 spiro atoms. The van der Waals surface area contributed by atoms with E-state index in [1.807, 2.05) is 0 Å². The van der Waals surface area contributed by atoms with Crippen LogP contribution in [0.2, 0.25) is 5.02 Å². The molecular formula is C18H25ClN2O3. The van der Waals surface area contributed by atoms with Crippen LogP contribution in [0.3, 0.4) is 0 Å². The third-order valence-corrected chi connectivity index (χ3v) is 4.32. The zero-order valence-electron chi connectivity index (χ0n) is 13.9. The van der Waals surface area contributed by atoms with E-state index in [0.29, 0.717) is 17.1 Å². The molecule has 0 aliphatic carbocycles. The van der Waals surface area contributed by atoms with Crippen molar-refractivity contribution in [1.82, 2.24) is 10.2 Å². The van der Waals surface area contributed by atoms with E-state index in [1.54, 1.807) is 24.3 Å². The van der Waals surface area contributed by atoms with Crippen molar-refractivity contribution in [3.63, 3.8) is 0 Å². The van der Waals surface area contributed by atoms with Gasteiger partial charge in [0.05, 0.1) is 13.2 Å². The van der Waals surface area contributed by atoms with E-state index in [0.717, 1.165) is 45.7 Å². The number of rotatable bonds is 9. The molecule has 1 aliphatic heterocycles. The zero-order chi connectivity index (χ0) is 17.2. The predicted molar refractivity (Wildman–Crippen MR) is 94.5 cm³/mol. The number of hydrogen-bond donors (Lipinski definition) is 1. The molecule has 0 saturated carbocycles. The number of nitrogens with zero attached hydrogens (tertiary/aromatic N) is 1. The normalized spacial score (nSPS) is 15.2. The van der Waals surface area contributed by atoms with Crippen molar-refractivity contribution in [1.29, 1.82) is 0 Å². The van der Waals surface area contributed by atoms with E-state index in [1.165, 1.54) is 0 Å². The van der Waals surface area contributed by atoms with E-state index in [2.05, 4.69) is 10.2 Å². The minimum atomic E-state index is -0.0660. The summed E-state index contributed by atoms with van der Waals surface area (Å²) in [5, 5.41) is 3.48. The molecule has 0 bridgehead atoms. The molecule has 0 unspecified atom stereocenters. The van der Waals surface area contributed by atoms with Gasteiger partial charge in [-0.2, -0.15) is 0 Å². The number of hydrogen-bond acceptors (Lipinski definition) is 4. The molecule has 6 heteroatoms. The number of morpholine rings is 1. The average molecular weight is 353 g/mol. The van der Waals surface area contributed by atoms with Gasteiger partial charge in [-0.05, 0) is 43.7 Å². The third kappa shape index (κ3) is 6.99. The summed E-state index contributed by atoms with van der Waals surface area (Å²) >= 11 is 5.79. The number of ether oxygens (including phenoxy) is 1. The molecule has 132 valence electrons. The van der Waals surface area contributed by atoms with Gasteiger partial charge < -0.3 is 10.1 Å². The first-order valence-corrected chi connectivity index (χ1v) is 8.88. The Morgan fingerprint density at radius 1 is 1.08 bits per heavy atom. The summed E-state index contributed by atoms with van der Waals surface area (Å²) in [5.74, 6) is -0.0992. The van der Waals surface area contributed by atoms with Crippen molar-refractivity contribution in [2.45, 2.75) is 25.7 Å². The minimum absolute atomic E-state index is 0.0332. The highest BCUT2D eigenvalue weighted by Gasteiger charge is 2.10. The summed E-state index contributed by atoms with van der Waals surface area (Å²) in [4.78, 5) is 26.1. The Kier molecular flexibility index (Phi) is 8.22. The molecule has 1 aromatic rings. The van der Waals surface area contributed by atoms with Crippen LogP contribution in [0.4, 0.5) is 0 Å². The highest BCUT2D eigenvalue weighted by molar-refractivity contribution is 6.30. The number of ketones is 1. The van der Waals surface area contributed by atoms with Crippen molar-refractivity contribution < 1.29 is 14.3 Å². The number of amides is 1. The summed E-state index contributed by atoms with van der Waals surface area (Å²) in [7, 11) is 0. The van der Waals surface area contributed by atoms with Gasteiger partial charge in [-0.3, -0.25) is 14.5 Å². The average Bonchev–Trinajstić information content (AvgIpc) is 2.61. The quantitative estimate of drug-likeness (QED) is 0.548. The van der Waals surface area contributed by atoms with Gasteiger partial charge in [0.15, 0.2) is 5.78 Å². The molecule has 0 radical (unpaired) electrons. The first-order chi connectivity index (χ1) is 11.6. The highest BCUT2D eigenvalue weighted by atomic mass is 35.5. The Labute approximate surface area is 148 Å². The highest BCUT2D eigenvalue weighted by Crippen LogP contribution is 2.11. The molecule has 1 saturated heterocycles. The van der Waals surface area contributed by atoms with E-state index in [4.69, 9.17) is 16.3 Å². The Hall–Kier alpha value is -1.43. The Bertz CT molecular complexity index is 528. The first kappa shape index (κ1) is 18.9. The van der Waals surface area contributed by atoms with Crippen molar-refractivity contribution >= 4 is 23.3 Å². The van der Waals surface area contributed by atoms with Crippen molar-refractivity contribution in [2.24, 2.45) is 0 Å². The Balaban J connectivity index is 1.53. The van der Waals surface area contributed by atoms with Gasteiger partial charge in [-0.25, -0.2) is 0 Å². The first-order valence-electron chi connectivity index (χ1n) is 8.51. The molecule has 5 nitrogen and oxygen atoms in total. The number of halogens is 1. The van der Waals surface area contributed by atoms with Crippen LogP contribution < -0.4 is 5.32 Å². The van der Waals surface area contributed by atoms with Crippen molar-refractivity contribution in [3.05, 3.63) is 34.9 Å². The van der Waals surface area contributed by atoms with E-state index in [9.17, 15) is 9.59 Å². The standard InChI is InChI=1S/C18H25ClN2O3/c19-16-5-3-15(4-6-16)17(22)7-8-18(23)20-9-1-2-10-21-11-13-24-14-12-21/h3-6H,1-2,7-14H2,(H,20,23). The molecule has 1 N–H and O–H groups in total. The predicted octanol–water partition coefficient (Wildman–Crippen LogP) is 2.53. The topological polar surface area (TPSA) is 58.6 Å². The maximum Gasteiger partial charge on any atom is 0.220 e. The minimum Gasteiger partial charge on any atom is -0.379 e. The van der Waals surface area contributed by atoms with Crippen LogP contribution in [-0.2, 0) is 9.53 Å². The maximum absolute atomic E-state index is 12.0. The maximum atomic E-state index is 12.0. The summed E-state index contributed by atoms with van der Waals surface area (Å²) < 4.78 is 5.31. The SMILES string of the molecule is O=C(CCC(=O)c1ccc(Cl)cc1)NCCCCN1CCOCC1. The van der Waals surface area contributed by atoms with Gasteiger partial charge in [0.1, 0.15) is 0 Å². The molecule has 24 heavy (non-hydrogen) atoms. The van der Waals surface area contributed by atoms with Crippen LogP contribution in [0, 0.1) is 0 Å². The fraction of sp³-hybridized carbons (Fsp3) is 0.556. The summed E-state index contributed by atoms with van der Waals surface area (Å²) in [6.45, 7) is 5.35. The lowest BCUT2D eigenvalue weighted by molar-refractivity contribution is -0.121. The molecule has 0 atom stereocenters. The van der Waals surface area contributed by atoms with Crippen molar-refractivity contribution in [3.8, 4) is 0 Å². The van der Waals surface area contributed by atoms with Crippen LogP contribution in [0.25, 0.3) is 0 Å². The lowest BCUT2D eigenvalue weighted by Gasteiger charge is -2.26. The van der Waals surface area contributed by atoms with Gasteiger partial charge in [-0.15, -0.1) is 0 Å². The van der Waals surface area contributed by atoms with Crippen molar-refractivity contribution in [2.75, 3.05) is 39.4 Å². The molecule has 2 rings (SSSR count). The van der Waals surface area contributed by atoms with Crippen LogP contribution >= 0.6 is 11.6 Å². The second-order valence-electron chi connectivity index (χ2n) is 5.94. The zero-order valence-corrected chi connectivity index (χ0v) is 14.7. The van der Waals surface area contributed by atoms with E-state index >= 15 is 0 Å². The number of unbranched alkanes of at least 4 members (excludes halogenated alkanes) is 1. The van der Waals surface area contributed by atoms with Gasteiger partial charge in [0, 0.05) is 43.1 Å². The molecule has 0 aromatic heterocycles. The lowest BCUT2D eigenvalue weighted by atomic mass is 10.1. The van der Waals surface area contributed by atoms with Gasteiger partial charge in [-0.1, -0.05) is 11.6 Å². The molecule has 1 fully saturated rings. The van der Waals surface area contributed by atoms with Crippen LogP contribution in [0.5, 0.6) is 0 Å². The number of carbonyl (C=O) groups excluding carboxylic acids is 2. The van der Waals surface area contributed by atoms with Crippen LogP contribution in [0.15, 0.2) is 24.3 Å². The second-order valence-corrected chi connectivity index (χ2v) is 6.38. The fourth-order valence-corrected chi connectivity index (χ4v) is 2.73. The fourth-order valence-electron chi connectivity index (χ4n) is 2.61. The van der Waals surface area contributed by atoms with Crippen LogP contribution in [-0.4, -0.2) is 56.0 Å². The van der Waals surface area contributed by atoms with E-state index in [-0.39, 0.29) is 24.5 Å². The summed E-state index contributed by atoms with van der Waals surface area (Å²) in [6.07, 6.45) is 2.46. The Morgan fingerprint density at radius 3 is 2.50 bits per heavy atom. The number of carbonyl (C=O) groups is 2. The third-order valence-electron chi connectivity index (χ3n) is 4.07. The van der Waals surface area contributed by atoms with Gasteiger partial charge in [0.2, 0.25) is 5.91 Å². The molecule has 1 aromatic carbocycles. The second kappa shape index (κ2) is 10.4. The molecule has 1 heterocycles. The van der Waals surface area contributed by atoms with E-state index < -0.39 is 0 Å².